The van der Waals surface area contributed by atoms with Crippen molar-refractivity contribution in [3.05, 3.63) is 65.7 Å². The summed E-state index contributed by atoms with van der Waals surface area (Å²) in [6.07, 6.45) is 0. The van der Waals surface area contributed by atoms with Crippen LogP contribution in [0.15, 0.2) is 54.6 Å². The number of amides is 2. The van der Waals surface area contributed by atoms with Gasteiger partial charge < -0.3 is 15.0 Å². The number of rotatable bonds is 8. The van der Waals surface area contributed by atoms with Gasteiger partial charge in [0.25, 0.3) is 0 Å². The summed E-state index contributed by atoms with van der Waals surface area (Å²) in [5.41, 5.74) is 1.89. The smallest absolute Gasteiger partial charge is 0.242 e. The fourth-order valence-corrected chi connectivity index (χ4v) is 2.84. The van der Waals surface area contributed by atoms with Crippen LogP contribution in [0.2, 0.25) is 0 Å². The molecule has 0 aliphatic heterocycles. The zero-order valence-corrected chi connectivity index (χ0v) is 16.4. The first-order valence-electron chi connectivity index (χ1n) is 9.18. The molecule has 0 saturated carbocycles. The highest BCUT2D eigenvalue weighted by Gasteiger charge is 2.27. The van der Waals surface area contributed by atoms with Crippen LogP contribution >= 0.6 is 0 Å². The van der Waals surface area contributed by atoms with Crippen LogP contribution in [0.1, 0.15) is 31.9 Å². The van der Waals surface area contributed by atoms with Gasteiger partial charge in [-0.15, -0.1) is 0 Å². The van der Waals surface area contributed by atoms with Crippen LogP contribution < -0.4 is 10.1 Å². The summed E-state index contributed by atoms with van der Waals surface area (Å²) in [6.45, 7) is 6.21. The third kappa shape index (κ3) is 5.58. The van der Waals surface area contributed by atoms with Gasteiger partial charge >= 0.3 is 0 Å². The second-order valence-electron chi connectivity index (χ2n) is 6.81. The fraction of sp³-hybridized carbons (Fsp3) is 0.364. The predicted octanol–water partition coefficient (Wildman–Crippen LogP) is 3.38. The number of ether oxygens (including phenoxy) is 1. The molecule has 1 N–H and O–H groups in total. The monoisotopic (exact) mass is 368 g/mol. The summed E-state index contributed by atoms with van der Waals surface area (Å²) < 4.78 is 5.32. The lowest BCUT2D eigenvalue weighted by Crippen LogP contribution is -2.48. The highest BCUT2D eigenvalue weighted by molar-refractivity contribution is 5.88. The van der Waals surface area contributed by atoms with Crippen molar-refractivity contribution in [2.75, 3.05) is 7.11 Å². The molecule has 0 heterocycles. The van der Waals surface area contributed by atoms with Gasteiger partial charge in [0, 0.05) is 24.6 Å². The molecule has 2 rings (SSSR count). The first-order chi connectivity index (χ1) is 12.9. The summed E-state index contributed by atoms with van der Waals surface area (Å²) in [5.74, 6) is 0.313. The van der Waals surface area contributed by atoms with Crippen molar-refractivity contribution >= 4 is 11.8 Å². The van der Waals surface area contributed by atoms with Crippen LogP contribution in [0.5, 0.6) is 5.75 Å². The summed E-state index contributed by atoms with van der Waals surface area (Å²) >= 11 is 0. The molecule has 0 radical (unpaired) electrons. The average molecular weight is 368 g/mol. The molecule has 27 heavy (non-hydrogen) atoms. The Morgan fingerprint density at radius 2 is 1.63 bits per heavy atom. The van der Waals surface area contributed by atoms with Crippen molar-refractivity contribution in [2.24, 2.45) is 5.92 Å². The summed E-state index contributed by atoms with van der Waals surface area (Å²) in [6, 6.07) is 16.7. The normalized spacial score (nSPS) is 11.7. The SMILES string of the molecule is COc1ccccc1CNC(=O)C(C)N(Cc1ccccc1)C(=O)C(C)C. The van der Waals surface area contributed by atoms with E-state index in [0.29, 0.717) is 13.1 Å². The van der Waals surface area contributed by atoms with E-state index in [4.69, 9.17) is 4.74 Å². The minimum atomic E-state index is -0.574. The second-order valence-corrected chi connectivity index (χ2v) is 6.81. The Labute approximate surface area is 161 Å². The molecule has 2 amide bonds. The molecule has 0 spiro atoms. The molecule has 0 aliphatic carbocycles. The number of benzene rings is 2. The Balaban J connectivity index is 2.10. The Kier molecular flexibility index (Phi) is 7.41. The van der Waals surface area contributed by atoms with E-state index in [1.54, 1.807) is 18.9 Å². The van der Waals surface area contributed by atoms with E-state index in [-0.39, 0.29) is 17.7 Å². The lowest BCUT2D eigenvalue weighted by molar-refractivity contribution is -0.143. The quantitative estimate of drug-likeness (QED) is 0.777. The number of hydrogen-bond acceptors (Lipinski definition) is 3. The van der Waals surface area contributed by atoms with Gasteiger partial charge in [-0.1, -0.05) is 62.4 Å². The Morgan fingerprint density at radius 3 is 2.26 bits per heavy atom. The van der Waals surface area contributed by atoms with E-state index >= 15 is 0 Å². The standard InChI is InChI=1S/C22H28N2O3/c1-16(2)22(26)24(15-18-10-6-5-7-11-18)17(3)21(25)23-14-19-12-8-9-13-20(19)27-4/h5-13,16-17H,14-15H2,1-4H3,(H,23,25). The maximum Gasteiger partial charge on any atom is 0.242 e. The van der Waals surface area contributed by atoms with Crippen molar-refractivity contribution in [2.45, 2.75) is 39.9 Å². The molecule has 144 valence electrons. The maximum absolute atomic E-state index is 12.7. The first kappa shape index (κ1) is 20.5. The van der Waals surface area contributed by atoms with Gasteiger partial charge in [0.05, 0.1) is 7.11 Å². The topological polar surface area (TPSA) is 58.6 Å². The van der Waals surface area contributed by atoms with Gasteiger partial charge in [-0.3, -0.25) is 9.59 Å². The summed E-state index contributed by atoms with van der Waals surface area (Å²) in [5, 5.41) is 2.92. The Hall–Kier alpha value is -2.82. The molecule has 0 fully saturated rings. The number of nitrogens with one attached hydrogen (secondary N) is 1. The minimum absolute atomic E-state index is 0.0428. The molecule has 0 bridgehead atoms. The third-order valence-electron chi connectivity index (χ3n) is 4.47. The number of nitrogens with zero attached hydrogens (tertiary/aromatic N) is 1. The highest BCUT2D eigenvalue weighted by Crippen LogP contribution is 2.17. The van der Waals surface area contributed by atoms with Gasteiger partial charge in [0.2, 0.25) is 11.8 Å². The number of para-hydroxylation sites is 1. The molecule has 5 heteroatoms. The van der Waals surface area contributed by atoms with Crippen LogP contribution in [0.4, 0.5) is 0 Å². The van der Waals surface area contributed by atoms with Crippen molar-refractivity contribution in [1.82, 2.24) is 10.2 Å². The molecule has 5 nitrogen and oxygen atoms in total. The van der Waals surface area contributed by atoms with Crippen LogP contribution in [0, 0.1) is 5.92 Å². The first-order valence-corrected chi connectivity index (χ1v) is 9.18. The van der Waals surface area contributed by atoms with E-state index in [1.807, 2.05) is 68.4 Å². The van der Waals surface area contributed by atoms with Crippen LogP contribution in [0.25, 0.3) is 0 Å². The molecule has 2 aromatic carbocycles. The van der Waals surface area contributed by atoms with Crippen LogP contribution in [0.3, 0.4) is 0 Å². The van der Waals surface area contributed by atoms with Gasteiger partial charge in [-0.05, 0) is 18.6 Å². The predicted molar refractivity (Wildman–Crippen MR) is 106 cm³/mol. The summed E-state index contributed by atoms with van der Waals surface area (Å²) in [7, 11) is 1.60. The average Bonchev–Trinajstić information content (AvgIpc) is 2.70. The number of methoxy groups -OCH3 is 1. The minimum Gasteiger partial charge on any atom is -0.496 e. The number of hydrogen-bond donors (Lipinski definition) is 1. The third-order valence-corrected chi connectivity index (χ3v) is 4.47. The maximum atomic E-state index is 12.7. The summed E-state index contributed by atoms with van der Waals surface area (Å²) in [4.78, 5) is 27.1. The van der Waals surface area contributed by atoms with Gasteiger partial charge in [-0.25, -0.2) is 0 Å². The fourth-order valence-electron chi connectivity index (χ4n) is 2.84. The molecule has 1 unspecified atom stereocenters. The Morgan fingerprint density at radius 1 is 1.00 bits per heavy atom. The van der Waals surface area contributed by atoms with Crippen molar-refractivity contribution in [1.29, 1.82) is 0 Å². The number of carbonyl (C=O) groups excluding carboxylic acids is 2. The molecule has 2 aromatic rings. The molecular formula is C22H28N2O3. The van der Waals surface area contributed by atoms with E-state index in [2.05, 4.69) is 5.32 Å². The van der Waals surface area contributed by atoms with Gasteiger partial charge in [0.1, 0.15) is 11.8 Å². The van der Waals surface area contributed by atoms with Crippen molar-refractivity contribution in [3.63, 3.8) is 0 Å². The molecule has 1 atom stereocenters. The van der Waals surface area contributed by atoms with Gasteiger partial charge in [0.15, 0.2) is 0 Å². The second kappa shape index (κ2) is 9.76. The van der Waals surface area contributed by atoms with Crippen LogP contribution in [-0.2, 0) is 22.7 Å². The highest BCUT2D eigenvalue weighted by atomic mass is 16.5. The van der Waals surface area contributed by atoms with Crippen LogP contribution in [-0.4, -0.2) is 29.9 Å². The molecule has 0 aliphatic rings. The largest absolute Gasteiger partial charge is 0.496 e. The zero-order chi connectivity index (χ0) is 19.8. The number of carbonyl (C=O) groups is 2. The molecule has 0 saturated heterocycles. The Bertz CT molecular complexity index is 759. The zero-order valence-electron chi connectivity index (χ0n) is 16.4. The lowest BCUT2D eigenvalue weighted by atomic mass is 10.1. The molecule has 0 aromatic heterocycles. The van der Waals surface area contributed by atoms with E-state index in [0.717, 1.165) is 16.9 Å². The lowest BCUT2D eigenvalue weighted by Gasteiger charge is -2.30. The molecular weight excluding hydrogens is 340 g/mol. The van der Waals surface area contributed by atoms with Crippen molar-refractivity contribution < 1.29 is 14.3 Å². The van der Waals surface area contributed by atoms with E-state index < -0.39 is 6.04 Å². The van der Waals surface area contributed by atoms with Crippen molar-refractivity contribution in [3.8, 4) is 5.75 Å². The van der Waals surface area contributed by atoms with E-state index in [1.165, 1.54) is 0 Å². The van der Waals surface area contributed by atoms with E-state index in [9.17, 15) is 9.59 Å². The van der Waals surface area contributed by atoms with Gasteiger partial charge in [-0.2, -0.15) is 0 Å².